The van der Waals surface area contributed by atoms with Crippen LogP contribution in [0.25, 0.3) is 11.0 Å². The maximum atomic E-state index is 12.4. The van der Waals surface area contributed by atoms with E-state index in [-0.39, 0.29) is 5.91 Å². The quantitative estimate of drug-likeness (QED) is 0.726. The van der Waals surface area contributed by atoms with Gasteiger partial charge in [-0.1, -0.05) is 6.07 Å². The van der Waals surface area contributed by atoms with Gasteiger partial charge in [-0.2, -0.15) is 0 Å². The van der Waals surface area contributed by atoms with E-state index in [2.05, 4.69) is 15.3 Å². The summed E-state index contributed by atoms with van der Waals surface area (Å²) in [6.07, 6.45) is 0.692. The largest absolute Gasteiger partial charge is 0.493 e. The average molecular weight is 365 g/mol. The van der Waals surface area contributed by atoms with Gasteiger partial charge in [0.25, 0.3) is 5.91 Å². The molecule has 6 nitrogen and oxygen atoms in total. The van der Waals surface area contributed by atoms with Crippen LogP contribution in [-0.2, 0) is 6.42 Å². The van der Waals surface area contributed by atoms with Crippen LogP contribution in [0.5, 0.6) is 11.5 Å². The van der Waals surface area contributed by atoms with Crippen LogP contribution in [-0.4, -0.2) is 36.6 Å². The van der Waals surface area contributed by atoms with Gasteiger partial charge < -0.3 is 14.8 Å². The maximum absolute atomic E-state index is 12.4. The van der Waals surface area contributed by atoms with Gasteiger partial charge in [0, 0.05) is 12.1 Å². The van der Waals surface area contributed by atoms with Crippen molar-refractivity contribution < 1.29 is 14.3 Å². The van der Waals surface area contributed by atoms with Gasteiger partial charge in [-0.15, -0.1) is 0 Å². The number of carbonyl (C=O) groups is 1. The Bertz CT molecular complexity index is 986. The lowest BCUT2D eigenvalue weighted by molar-refractivity contribution is 0.0954. The van der Waals surface area contributed by atoms with Gasteiger partial charge in [-0.3, -0.25) is 4.79 Å². The molecule has 1 aromatic heterocycles. The number of fused-ring (bicyclic) bond motifs is 1. The first-order valence-electron chi connectivity index (χ1n) is 8.76. The summed E-state index contributed by atoms with van der Waals surface area (Å²) in [5.41, 5.74) is 4.92. The van der Waals surface area contributed by atoms with Crippen molar-refractivity contribution >= 4 is 16.9 Å². The minimum absolute atomic E-state index is 0.127. The summed E-state index contributed by atoms with van der Waals surface area (Å²) in [4.78, 5) is 21.5. The monoisotopic (exact) mass is 365 g/mol. The molecule has 0 saturated heterocycles. The number of hydrogen-bond donors (Lipinski definition) is 1. The Morgan fingerprint density at radius 3 is 2.33 bits per heavy atom. The number of aryl methyl sites for hydroxylation is 2. The van der Waals surface area contributed by atoms with Crippen molar-refractivity contribution in [1.29, 1.82) is 0 Å². The lowest BCUT2D eigenvalue weighted by Crippen LogP contribution is -2.25. The second kappa shape index (κ2) is 8.03. The molecule has 6 heteroatoms. The van der Waals surface area contributed by atoms with Gasteiger partial charge in [0.05, 0.1) is 36.6 Å². The molecule has 1 amide bonds. The number of rotatable bonds is 6. The number of nitrogens with one attached hydrogen (secondary N) is 1. The molecule has 0 fully saturated rings. The third kappa shape index (κ3) is 4.16. The fourth-order valence-electron chi connectivity index (χ4n) is 2.83. The van der Waals surface area contributed by atoms with Crippen molar-refractivity contribution in [1.82, 2.24) is 15.3 Å². The summed E-state index contributed by atoms with van der Waals surface area (Å²) in [5.74, 6) is 1.24. The molecule has 27 heavy (non-hydrogen) atoms. The zero-order valence-corrected chi connectivity index (χ0v) is 16.0. The lowest BCUT2D eigenvalue weighted by Gasteiger charge is -2.10. The molecule has 140 valence electrons. The summed E-state index contributed by atoms with van der Waals surface area (Å²) in [6.45, 7) is 4.36. The Morgan fingerprint density at radius 2 is 1.63 bits per heavy atom. The molecule has 0 radical (unpaired) electrons. The summed E-state index contributed by atoms with van der Waals surface area (Å²) in [5, 5.41) is 2.95. The molecule has 0 saturated carbocycles. The number of aromatic nitrogens is 2. The van der Waals surface area contributed by atoms with Crippen LogP contribution in [0.2, 0.25) is 0 Å². The van der Waals surface area contributed by atoms with Crippen molar-refractivity contribution in [3.63, 3.8) is 0 Å². The van der Waals surface area contributed by atoms with Crippen molar-refractivity contribution in [2.24, 2.45) is 0 Å². The van der Waals surface area contributed by atoms with E-state index in [1.165, 1.54) is 0 Å². The first-order chi connectivity index (χ1) is 13.0. The number of ether oxygens (including phenoxy) is 2. The van der Waals surface area contributed by atoms with Crippen molar-refractivity contribution in [2.45, 2.75) is 20.3 Å². The molecule has 1 N–H and O–H groups in total. The van der Waals surface area contributed by atoms with Crippen LogP contribution in [0.3, 0.4) is 0 Å². The predicted molar refractivity (Wildman–Crippen MR) is 105 cm³/mol. The molecule has 3 rings (SSSR count). The second-order valence-corrected chi connectivity index (χ2v) is 6.29. The number of nitrogens with zero attached hydrogens (tertiary/aromatic N) is 2. The average Bonchev–Trinajstić information content (AvgIpc) is 2.68. The Hall–Kier alpha value is -3.15. The number of hydrogen-bond acceptors (Lipinski definition) is 5. The molecular formula is C21H23N3O3. The Kier molecular flexibility index (Phi) is 5.54. The first kappa shape index (κ1) is 18.6. The molecule has 0 aliphatic carbocycles. The molecule has 3 aromatic rings. The smallest absolute Gasteiger partial charge is 0.251 e. The van der Waals surface area contributed by atoms with Gasteiger partial charge in [-0.05, 0) is 56.2 Å². The van der Waals surface area contributed by atoms with Crippen LogP contribution in [0, 0.1) is 13.8 Å². The van der Waals surface area contributed by atoms with Crippen molar-refractivity contribution in [3.8, 4) is 11.5 Å². The SMILES string of the molecule is COc1ccc(CCNC(=O)c2ccc3nc(C)c(C)nc3c2)cc1OC. The molecule has 1 heterocycles. The fraction of sp³-hybridized carbons (Fsp3) is 0.286. The highest BCUT2D eigenvalue weighted by Crippen LogP contribution is 2.27. The van der Waals surface area contributed by atoms with Gasteiger partial charge in [0.2, 0.25) is 0 Å². The number of methoxy groups -OCH3 is 2. The van der Waals surface area contributed by atoms with Crippen LogP contribution >= 0.6 is 0 Å². The van der Waals surface area contributed by atoms with Gasteiger partial charge in [-0.25, -0.2) is 9.97 Å². The molecular weight excluding hydrogens is 342 g/mol. The normalized spacial score (nSPS) is 10.7. The van der Waals surface area contributed by atoms with Crippen LogP contribution in [0.4, 0.5) is 0 Å². The fourth-order valence-corrected chi connectivity index (χ4v) is 2.83. The molecule has 2 aromatic carbocycles. The minimum Gasteiger partial charge on any atom is -0.493 e. The lowest BCUT2D eigenvalue weighted by atomic mass is 10.1. The molecule has 0 spiro atoms. The third-order valence-electron chi connectivity index (χ3n) is 4.48. The van der Waals surface area contributed by atoms with E-state index in [1.807, 2.05) is 38.1 Å². The van der Waals surface area contributed by atoms with E-state index in [9.17, 15) is 4.79 Å². The van der Waals surface area contributed by atoms with E-state index in [1.54, 1.807) is 26.4 Å². The highest BCUT2D eigenvalue weighted by atomic mass is 16.5. The molecule has 0 unspecified atom stereocenters. The highest BCUT2D eigenvalue weighted by Gasteiger charge is 2.09. The van der Waals surface area contributed by atoms with Gasteiger partial charge in [0.15, 0.2) is 11.5 Å². The second-order valence-electron chi connectivity index (χ2n) is 6.29. The maximum Gasteiger partial charge on any atom is 0.251 e. The van der Waals surface area contributed by atoms with Crippen molar-refractivity contribution in [2.75, 3.05) is 20.8 Å². The van der Waals surface area contributed by atoms with Gasteiger partial charge >= 0.3 is 0 Å². The van der Waals surface area contributed by atoms with Crippen LogP contribution in [0.1, 0.15) is 27.3 Å². The minimum atomic E-state index is -0.127. The topological polar surface area (TPSA) is 73.3 Å². The predicted octanol–water partition coefficient (Wildman–Crippen LogP) is 3.24. The molecule has 0 aliphatic heterocycles. The van der Waals surface area contributed by atoms with E-state index in [0.29, 0.717) is 30.0 Å². The number of carbonyl (C=O) groups excluding carboxylic acids is 1. The van der Waals surface area contributed by atoms with Gasteiger partial charge in [0.1, 0.15) is 0 Å². The zero-order chi connectivity index (χ0) is 19.4. The Labute approximate surface area is 158 Å². The van der Waals surface area contributed by atoms with E-state index in [4.69, 9.17) is 9.47 Å². The van der Waals surface area contributed by atoms with Crippen LogP contribution in [0.15, 0.2) is 36.4 Å². The molecule has 0 bridgehead atoms. The Balaban J connectivity index is 1.66. The number of amides is 1. The Morgan fingerprint density at radius 1 is 0.926 bits per heavy atom. The third-order valence-corrected chi connectivity index (χ3v) is 4.48. The van der Waals surface area contributed by atoms with Crippen LogP contribution < -0.4 is 14.8 Å². The molecule has 0 aliphatic rings. The van der Waals surface area contributed by atoms with E-state index >= 15 is 0 Å². The van der Waals surface area contributed by atoms with E-state index < -0.39 is 0 Å². The molecule has 0 atom stereocenters. The number of benzene rings is 2. The summed E-state index contributed by atoms with van der Waals surface area (Å²) in [6, 6.07) is 11.1. The summed E-state index contributed by atoms with van der Waals surface area (Å²) < 4.78 is 10.5. The summed E-state index contributed by atoms with van der Waals surface area (Å²) >= 11 is 0. The summed E-state index contributed by atoms with van der Waals surface area (Å²) in [7, 11) is 3.21. The van der Waals surface area contributed by atoms with Crippen molar-refractivity contribution in [3.05, 3.63) is 58.9 Å². The standard InChI is InChI=1S/C21H23N3O3/c1-13-14(2)24-18-12-16(6-7-17(18)23-13)21(25)22-10-9-15-5-8-19(26-3)20(11-15)27-4/h5-8,11-12H,9-10H2,1-4H3,(H,22,25). The first-order valence-corrected chi connectivity index (χ1v) is 8.76. The highest BCUT2D eigenvalue weighted by molar-refractivity contribution is 5.97. The zero-order valence-electron chi connectivity index (χ0n) is 16.0. The van der Waals surface area contributed by atoms with E-state index in [0.717, 1.165) is 28.0 Å².